The highest BCUT2D eigenvalue weighted by Gasteiger charge is 2.13. The van der Waals surface area contributed by atoms with E-state index in [4.69, 9.17) is 4.74 Å². The lowest BCUT2D eigenvalue weighted by Crippen LogP contribution is -2.19. The van der Waals surface area contributed by atoms with Crippen LogP contribution in [-0.4, -0.2) is 37.6 Å². The first-order valence-electron chi connectivity index (χ1n) is 10.7. The molecule has 0 amide bonds. The van der Waals surface area contributed by atoms with Gasteiger partial charge in [-0.3, -0.25) is 9.78 Å². The molecule has 7 heteroatoms. The van der Waals surface area contributed by atoms with Gasteiger partial charge in [0.25, 0.3) is 0 Å². The van der Waals surface area contributed by atoms with Crippen molar-refractivity contribution in [3.8, 4) is 17.1 Å². The van der Waals surface area contributed by atoms with Gasteiger partial charge in [-0.1, -0.05) is 51.2 Å². The molecule has 0 unspecified atom stereocenters. The van der Waals surface area contributed by atoms with E-state index in [1.807, 2.05) is 12.1 Å². The Morgan fingerprint density at radius 3 is 2.47 bits per heavy atom. The van der Waals surface area contributed by atoms with Crippen molar-refractivity contribution in [2.24, 2.45) is 0 Å². The van der Waals surface area contributed by atoms with E-state index in [0.29, 0.717) is 11.6 Å². The van der Waals surface area contributed by atoms with Gasteiger partial charge in [-0.05, 0) is 53.1 Å². The molecule has 0 spiro atoms. The maximum atomic E-state index is 12.3. The predicted molar refractivity (Wildman–Crippen MR) is 115 cm³/mol. The summed E-state index contributed by atoms with van der Waals surface area (Å²) in [4.78, 5) is 16.3. The summed E-state index contributed by atoms with van der Waals surface area (Å²) in [5, 5.41) is 11.6. The van der Waals surface area contributed by atoms with Gasteiger partial charge >= 0.3 is 0 Å². The van der Waals surface area contributed by atoms with Crippen molar-refractivity contribution in [2.75, 3.05) is 6.61 Å². The molecule has 2 heterocycles. The Bertz CT molecular complexity index is 893. The Kier molecular flexibility index (Phi) is 8.50. The molecule has 0 saturated heterocycles. The zero-order chi connectivity index (χ0) is 21.0. The highest BCUT2D eigenvalue weighted by Crippen LogP contribution is 2.16. The molecule has 0 bridgehead atoms. The number of carbonyl (C=O) groups is 1. The van der Waals surface area contributed by atoms with Crippen LogP contribution in [0.4, 0.5) is 0 Å². The number of rotatable bonds is 13. The molecule has 0 N–H and O–H groups in total. The third-order valence-corrected chi connectivity index (χ3v) is 4.94. The number of ketones is 1. The summed E-state index contributed by atoms with van der Waals surface area (Å²) in [5.74, 6) is 1.12. The number of Topliss-reactive ketones (excluding diaryl/α,β-unsaturated/α-hetero) is 1. The fourth-order valence-corrected chi connectivity index (χ4v) is 3.26. The molecule has 0 aliphatic rings. The number of tetrazole rings is 1. The largest absolute Gasteiger partial charge is 0.486 e. The molecular formula is C23H29N5O2. The van der Waals surface area contributed by atoms with Crippen LogP contribution in [0.2, 0.25) is 0 Å². The van der Waals surface area contributed by atoms with E-state index in [-0.39, 0.29) is 18.9 Å². The fourth-order valence-electron chi connectivity index (χ4n) is 3.26. The summed E-state index contributed by atoms with van der Waals surface area (Å²) in [7, 11) is 0. The zero-order valence-corrected chi connectivity index (χ0v) is 17.5. The average Bonchev–Trinajstić information content (AvgIpc) is 3.24. The number of carbonyl (C=O) groups excluding carboxylic acids is 1. The van der Waals surface area contributed by atoms with E-state index in [2.05, 4.69) is 39.6 Å². The van der Waals surface area contributed by atoms with Crippen molar-refractivity contribution in [3.05, 3.63) is 54.4 Å². The molecule has 1 aromatic carbocycles. The summed E-state index contributed by atoms with van der Waals surface area (Å²) in [6.45, 7) is 2.27. The van der Waals surface area contributed by atoms with Gasteiger partial charge in [0.1, 0.15) is 18.9 Å². The number of hydrogen-bond acceptors (Lipinski definition) is 6. The number of aryl methyl sites for hydroxylation is 1. The molecule has 30 heavy (non-hydrogen) atoms. The second-order valence-electron chi connectivity index (χ2n) is 7.39. The summed E-state index contributed by atoms with van der Waals surface area (Å²) >= 11 is 0. The van der Waals surface area contributed by atoms with E-state index in [9.17, 15) is 4.79 Å². The highest BCUT2D eigenvalue weighted by molar-refractivity contribution is 5.80. The molecule has 0 radical (unpaired) electrons. The topological polar surface area (TPSA) is 82.8 Å². The predicted octanol–water partition coefficient (Wildman–Crippen LogP) is 4.29. The van der Waals surface area contributed by atoms with Crippen molar-refractivity contribution in [2.45, 2.75) is 58.4 Å². The van der Waals surface area contributed by atoms with Crippen LogP contribution in [0.25, 0.3) is 11.4 Å². The van der Waals surface area contributed by atoms with E-state index < -0.39 is 0 Å². The number of nitrogens with zero attached hydrogens (tertiary/aromatic N) is 5. The smallest absolute Gasteiger partial charge is 0.191 e. The Hall–Kier alpha value is -3.09. The van der Waals surface area contributed by atoms with Crippen molar-refractivity contribution in [3.63, 3.8) is 0 Å². The standard InChI is InChI=1S/C23H29N5O2/c1-2-3-4-5-6-7-8-19-9-11-22(12-10-19)30-18-21(29)17-28-23(25-26-27-28)20-13-15-24-16-14-20/h9-16H,2-8,17-18H2,1H3. The van der Waals surface area contributed by atoms with Gasteiger partial charge in [-0.25, -0.2) is 4.68 Å². The molecule has 3 rings (SSSR count). The minimum Gasteiger partial charge on any atom is -0.486 e. The molecule has 2 aromatic heterocycles. The second-order valence-corrected chi connectivity index (χ2v) is 7.39. The number of hydrogen-bond donors (Lipinski definition) is 0. The summed E-state index contributed by atoms with van der Waals surface area (Å²) < 4.78 is 7.12. The lowest BCUT2D eigenvalue weighted by Gasteiger charge is -2.08. The fraction of sp³-hybridized carbons (Fsp3) is 0.435. The SMILES string of the molecule is CCCCCCCCc1ccc(OCC(=O)Cn2nnnc2-c2ccncc2)cc1. The third-order valence-electron chi connectivity index (χ3n) is 4.94. The maximum Gasteiger partial charge on any atom is 0.191 e. The molecule has 0 atom stereocenters. The Balaban J connectivity index is 1.42. The number of pyridine rings is 1. The molecule has 3 aromatic rings. The van der Waals surface area contributed by atoms with Gasteiger partial charge in [-0.15, -0.1) is 5.10 Å². The molecule has 7 nitrogen and oxygen atoms in total. The van der Waals surface area contributed by atoms with Crippen LogP contribution in [0.1, 0.15) is 51.0 Å². The monoisotopic (exact) mass is 407 g/mol. The van der Waals surface area contributed by atoms with Crippen LogP contribution in [0.5, 0.6) is 5.75 Å². The van der Waals surface area contributed by atoms with Crippen molar-refractivity contribution < 1.29 is 9.53 Å². The third kappa shape index (κ3) is 6.76. The number of unbranched alkanes of at least 4 members (excludes halogenated alkanes) is 5. The van der Waals surface area contributed by atoms with E-state index in [0.717, 1.165) is 12.0 Å². The molecule has 0 aliphatic heterocycles. The Morgan fingerprint density at radius 2 is 1.70 bits per heavy atom. The van der Waals surface area contributed by atoms with Crippen molar-refractivity contribution in [1.82, 2.24) is 25.2 Å². The maximum absolute atomic E-state index is 12.3. The minimum atomic E-state index is -0.103. The first-order chi connectivity index (χ1) is 14.8. The molecule has 158 valence electrons. The van der Waals surface area contributed by atoms with Gasteiger partial charge in [0.2, 0.25) is 0 Å². The van der Waals surface area contributed by atoms with Gasteiger partial charge in [0.05, 0.1) is 0 Å². The average molecular weight is 408 g/mol. The van der Waals surface area contributed by atoms with Gasteiger partial charge < -0.3 is 4.74 Å². The van der Waals surface area contributed by atoms with Crippen LogP contribution < -0.4 is 4.74 Å². The van der Waals surface area contributed by atoms with E-state index >= 15 is 0 Å². The van der Waals surface area contributed by atoms with Crippen molar-refractivity contribution in [1.29, 1.82) is 0 Å². The lowest BCUT2D eigenvalue weighted by molar-refractivity contribution is -0.121. The van der Waals surface area contributed by atoms with Crippen LogP contribution in [0.15, 0.2) is 48.8 Å². The molecule has 0 aliphatic carbocycles. The van der Waals surface area contributed by atoms with E-state index in [1.165, 1.54) is 48.8 Å². The second kappa shape index (κ2) is 11.8. The summed E-state index contributed by atoms with van der Waals surface area (Å²) in [6, 6.07) is 11.6. The Morgan fingerprint density at radius 1 is 0.967 bits per heavy atom. The quantitative estimate of drug-likeness (QED) is 0.393. The number of ether oxygens (including phenoxy) is 1. The van der Waals surface area contributed by atoms with Crippen LogP contribution >= 0.6 is 0 Å². The summed E-state index contributed by atoms with van der Waals surface area (Å²) in [5.41, 5.74) is 2.12. The van der Waals surface area contributed by atoms with Gasteiger partial charge in [0.15, 0.2) is 11.6 Å². The number of aromatic nitrogens is 5. The summed E-state index contributed by atoms with van der Waals surface area (Å²) in [6.07, 6.45) is 12.2. The number of benzene rings is 1. The highest BCUT2D eigenvalue weighted by atomic mass is 16.5. The minimum absolute atomic E-state index is 0.0214. The van der Waals surface area contributed by atoms with Crippen LogP contribution in [0.3, 0.4) is 0 Å². The van der Waals surface area contributed by atoms with Gasteiger partial charge in [-0.2, -0.15) is 0 Å². The zero-order valence-electron chi connectivity index (χ0n) is 17.5. The van der Waals surface area contributed by atoms with Crippen molar-refractivity contribution >= 4 is 5.78 Å². The lowest BCUT2D eigenvalue weighted by atomic mass is 10.0. The van der Waals surface area contributed by atoms with Crippen LogP contribution in [-0.2, 0) is 17.8 Å². The first kappa shape index (κ1) is 21.6. The normalized spacial score (nSPS) is 10.8. The van der Waals surface area contributed by atoms with E-state index in [1.54, 1.807) is 24.5 Å². The molecular weight excluding hydrogens is 378 g/mol. The van der Waals surface area contributed by atoms with Crippen LogP contribution in [0, 0.1) is 0 Å². The van der Waals surface area contributed by atoms with Gasteiger partial charge in [0, 0.05) is 18.0 Å². The Labute approximate surface area is 177 Å². The molecule has 0 fully saturated rings. The molecule has 0 saturated carbocycles. The first-order valence-corrected chi connectivity index (χ1v) is 10.7.